The number of hydrogen-bond donors (Lipinski definition) is 0. The fourth-order valence-electron chi connectivity index (χ4n) is 3.05. The first-order chi connectivity index (χ1) is 13.8. The molecule has 2 aromatic heterocycles. The lowest BCUT2D eigenvalue weighted by atomic mass is 10.1. The van der Waals surface area contributed by atoms with Gasteiger partial charge in [-0.2, -0.15) is 18.2 Å². The van der Waals surface area contributed by atoms with E-state index in [0.29, 0.717) is 12.4 Å². The Morgan fingerprint density at radius 2 is 1.86 bits per heavy atom. The monoisotopic (exact) mass is 401 g/mol. The minimum atomic E-state index is -4.43. The molecule has 0 fully saturated rings. The van der Waals surface area contributed by atoms with E-state index < -0.39 is 11.7 Å². The molecule has 2 heterocycles. The lowest BCUT2D eigenvalue weighted by Gasteiger charge is -2.20. The van der Waals surface area contributed by atoms with E-state index in [0.717, 1.165) is 28.9 Å². The maximum absolute atomic E-state index is 12.9. The second-order valence-corrected chi connectivity index (χ2v) is 6.87. The van der Waals surface area contributed by atoms with Crippen molar-refractivity contribution in [2.24, 2.45) is 0 Å². The summed E-state index contributed by atoms with van der Waals surface area (Å²) in [5.41, 5.74) is 0.312. The van der Waals surface area contributed by atoms with Crippen molar-refractivity contribution in [3.05, 3.63) is 71.8 Å². The molecule has 0 saturated carbocycles. The molecule has 1 atom stereocenters. The number of para-hydroxylation sites is 1. The highest BCUT2D eigenvalue weighted by Crippen LogP contribution is 2.32. The fourth-order valence-corrected chi connectivity index (χ4v) is 3.05. The van der Waals surface area contributed by atoms with E-state index in [2.05, 4.69) is 10.1 Å². The van der Waals surface area contributed by atoms with Gasteiger partial charge in [0.25, 0.3) is 0 Å². The minimum Gasteiger partial charge on any atom is -0.459 e. The van der Waals surface area contributed by atoms with Crippen LogP contribution in [0.15, 0.2) is 63.5 Å². The van der Waals surface area contributed by atoms with Gasteiger partial charge in [0, 0.05) is 10.9 Å². The van der Waals surface area contributed by atoms with Crippen molar-refractivity contribution in [1.82, 2.24) is 15.0 Å². The summed E-state index contributed by atoms with van der Waals surface area (Å²) in [5.74, 6) is 1.23. The molecule has 0 N–H and O–H groups in total. The number of nitrogens with zero attached hydrogens (tertiary/aromatic N) is 3. The van der Waals surface area contributed by atoms with Crippen LogP contribution in [0.1, 0.15) is 30.2 Å². The standard InChI is InChI=1S/C21H18F3N3O2/c1-13(18-11-14-6-3-4-9-17(14)28-18)27(2)12-19-25-20(26-29-19)15-7-5-8-16(10-15)21(22,23)24/h3-11,13H,12H2,1-2H3. The molecular weight excluding hydrogens is 383 g/mol. The number of hydrogen-bond acceptors (Lipinski definition) is 5. The predicted octanol–water partition coefficient (Wildman–Crippen LogP) is 5.69. The predicted molar refractivity (Wildman–Crippen MR) is 101 cm³/mol. The van der Waals surface area contributed by atoms with Gasteiger partial charge in [-0.25, -0.2) is 0 Å². The second kappa shape index (κ2) is 7.36. The lowest BCUT2D eigenvalue weighted by Crippen LogP contribution is -2.21. The number of alkyl halides is 3. The van der Waals surface area contributed by atoms with Crippen molar-refractivity contribution in [1.29, 1.82) is 0 Å². The molecule has 4 rings (SSSR count). The van der Waals surface area contributed by atoms with E-state index in [1.165, 1.54) is 12.1 Å². The smallest absolute Gasteiger partial charge is 0.416 e. The molecule has 0 saturated heterocycles. The summed E-state index contributed by atoms with van der Waals surface area (Å²) in [6.07, 6.45) is -4.43. The van der Waals surface area contributed by atoms with Gasteiger partial charge in [0.05, 0.1) is 18.2 Å². The molecule has 0 amide bonds. The van der Waals surface area contributed by atoms with Crippen LogP contribution in [0.2, 0.25) is 0 Å². The summed E-state index contributed by atoms with van der Waals surface area (Å²) < 4.78 is 49.9. The molecule has 2 aromatic carbocycles. The molecule has 0 aliphatic carbocycles. The first kappa shape index (κ1) is 19.2. The van der Waals surface area contributed by atoms with Crippen LogP contribution in [0, 0.1) is 0 Å². The number of rotatable bonds is 5. The van der Waals surface area contributed by atoms with Crippen LogP contribution in [0.4, 0.5) is 13.2 Å². The van der Waals surface area contributed by atoms with Gasteiger partial charge in [0.1, 0.15) is 11.3 Å². The largest absolute Gasteiger partial charge is 0.459 e. The van der Waals surface area contributed by atoms with Crippen LogP contribution in [-0.2, 0) is 12.7 Å². The third-order valence-electron chi connectivity index (χ3n) is 4.82. The Morgan fingerprint density at radius 3 is 2.62 bits per heavy atom. The maximum Gasteiger partial charge on any atom is 0.416 e. The van der Waals surface area contributed by atoms with E-state index in [4.69, 9.17) is 8.94 Å². The molecule has 0 aliphatic heterocycles. The average Bonchev–Trinajstić information content (AvgIpc) is 3.33. The van der Waals surface area contributed by atoms with Gasteiger partial charge in [-0.05, 0) is 38.2 Å². The summed E-state index contributed by atoms with van der Waals surface area (Å²) in [5, 5.41) is 4.85. The highest BCUT2D eigenvalue weighted by Gasteiger charge is 2.30. The average molecular weight is 401 g/mol. The summed E-state index contributed by atoms with van der Waals surface area (Å²) in [6.45, 7) is 2.31. The molecule has 29 heavy (non-hydrogen) atoms. The van der Waals surface area contributed by atoms with Crippen LogP contribution in [0.25, 0.3) is 22.4 Å². The number of halogens is 3. The summed E-state index contributed by atoms with van der Waals surface area (Å²) in [7, 11) is 1.88. The number of aromatic nitrogens is 2. The Labute approximate surface area is 164 Å². The second-order valence-electron chi connectivity index (χ2n) is 6.87. The van der Waals surface area contributed by atoms with E-state index >= 15 is 0 Å². The Morgan fingerprint density at radius 1 is 1.07 bits per heavy atom. The van der Waals surface area contributed by atoms with Gasteiger partial charge in [-0.15, -0.1) is 0 Å². The topological polar surface area (TPSA) is 55.3 Å². The molecular formula is C21H18F3N3O2. The van der Waals surface area contributed by atoms with Gasteiger partial charge < -0.3 is 8.94 Å². The van der Waals surface area contributed by atoms with Crippen LogP contribution in [-0.4, -0.2) is 22.1 Å². The zero-order chi connectivity index (χ0) is 20.6. The third kappa shape index (κ3) is 4.02. The van der Waals surface area contributed by atoms with Gasteiger partial charge in [-0.3, -0.25) is 4.90 Å². The van der Waals surface area contributed by atoms with Crippen molar-refractivity contribution in [3.63, 3.8) is 0 Å². The molecule has 0 bridgehead atoms. The van der Waals surface area contributed by atoms with Crippen LogP contribution in [0.5, 0.6) is 0 Å². The Kier molecular flexibility index (Phi) is 4.87. The quantitative estimate of drug-likeness (QED) is 0.430. The van der Waals surface area contributed by atoms with Gasteiger partial charge in [0.15, 0.2) is 0 Å². The molecule has 0 spiro atoms. The zero-order valence-electron chi connectivity index (χ0n) is 15.8. The van der Waals surface area contributed by atoms with E-state index in [-0.39, 0.29) is 17.4 Å². The molecule has 5 nitrogen and oxygen atoms in total. The van der Waals surface area contributed by atoms with Crippen molar-refractivity contribution in [2.45, 2.75) is 25.7 Å². The number of benzene rings is 2. The molecule has 1 unspecified atom stereocenters. The highest BCUT2D eigenvalue weighted by atomic mass is 19.4. The first-order valence-corrected chi connectivity index (χ1v) is 9.00. The van der Waals surface area contributed by atoms with E-state index in [9.17, 15) is 13.2 Å². The Bertz CT molecular complexity index is 1100. The van der Waals surface area contributed by atoms with Crippen LogP contribution >= 0.6 is 0 Å². The molecule has 8 heteroatoms. The SMILES string of the molecule is CC(c1cc2ccccc2o1)N(C)Cc1nc(-c2cccc(C(F)(F)F)c2)no1. The number of fused-ring (bicyclic) bond motifs is 1. The van der Waals surface area contributed by atoms with Crippen molar-refractivity contribution in [3.8, 4) is 11.4 Å². The third-order valence-corrected chi connectivity index (χ3v) is 4.82. The Balaban J connectivity index is 1.50. The van der Waals surface area contributed by atoms with E-state index in [1.54, 1.807) is 0 Å². The van der Waals surface area contributed by atoms with Crippen molar-refractivity contribution >= 4 is 11.0 Å². The Hall–Kier alpha value is -3.13. The van der Waals surface area contributed by atoms with E-state index in [1.807, 2.05) is 49.2 Å². The summed E-state index contributed by atoms with van der Waals surface area (Å²) in [4.78, 5) is 6.20. The normalized spacial score (nSPS) is 13.3. The minimum absolute atomic E-state index is 0.0636. The molecule has 150 valence electrons. The van der Waals surface area contributed by atoms with Gasteiger partial charge >= 0.3 is 6.18 Å². The molecule has 0 radical (unpaired) electrons. The van der Waals surface area contributed by atoms with Gasteiger partial charge in [0.2, 0.25) is 11.7 Å². The maximum atomic E-state index is 12.9. The first-order valence-electron chi connectivity index (χ1n) is 9.00. The van der Waals surface area contributed by atoms with Crippen molar-refractivity contribution < 1.29 is 22.1 Å². The summed E-state index contributed by atoms with van der Waals surface area (Å²) >= 11 is 0. The highest BCUT2D eigenvalue weighted by molar-refractivity contribution is 5.77. The molecule has 4 aromatic rings. The van der Waals surface area contributed by atoms with Gasteiger partial charge in [-0.1, -0.05) is 35.5 Å². The number of furan rings is 1. The lowest BCUT2D eigenvalue weighted by molar-refractivity contribution is -0.137. The molecule has 0 aliphatic rings. The summed E-state index contributed by atoms with van der Waals surface area (Å²) in [6, 6.07) is 14.5. The van der Waals surface area contributed by atoms with Crippen molar-refractivity contribution in [2.75, 3.05) is 7.05 Å². The van der Waals surface area contributed by atoms with Crippen LogP contribution < -0.4 is 0 Å². The zero-order valence-corrected chi connectivity index (χ0v) is 15.8. The van der Waals surface area contributed by atoms with Crippen LogP contribution in [0.3, 0.4) is 0 Å². The fraction of sp³-hybridized carbons (Fsp3) is 0.238.